The predicted octanol–water partition coefficient (Wildman–Crippen LogP) is 5.37. The first-order valence-electron chi connectivity index (χ1n) is 11.4. The number of allylic oxidation sites excluding steroid dienone is 1. The van der Waals surface area contributed by atoms with Crippen LogP contribution in [-0.2, 0) is 13.1 Å². The Labute approximate surface area is 199 Å². The number of ether oxygens (including phenoxy) is 4. The normalized spacial score (nSPS) is 16.0. The van der Waals surface area contributed by atoms with Crippen LogP contribution in [0.3, 0.4) is 0 Å². The van der Waals surface area contributed by atoms with Gasteiger partial charge in [0.2, 0.25) is 5.78 Å². The molecule has 3 aromatic carbocycles. The van der Waals surface area contributed by atoms with E-state index in [2.05, 4.69) is 11.0 Å². The molecular weight excluding hydrogens is 430 g/mol. The smallest absolute Gasteiger partial charge is 0.231 e. The number of nitrogens with zero attached hydrogens (tertiary/aromatic N) is 1. The Morgan fingerprint density at radius 2 is 1.82 bits per heavy atom. The number of carbonyl (C=O) groups is 1. The quantitative estimate of drug-likeness (QED) is 0.464. The van der Waals surface area contributed by atoms with Crippen LogP contribution in [0.5, 0.6) is 23.0 Å². The number of hydrogen-bond donors (Lipinski definition) is 0. The molecule has 0 N–H and O–H groups in total. The molecule has 2 aliphatic heterocycles. The second-order valence-corrected chi connectivity index (χ2v) is 8.35. The van der Waals surface area contributed by atoms with Crippen molar-refractivity contribution in [3.8, 4) is 23.0 Å². The maximum atomic E-state index is 13.3. The summed E-state index contributed by atoms with van der Waals surface area (Å²) in [6.45, 7) is 6.22. The predicted molar refractivity (Wildman–Crippen MR) is 129 cm³/mol. The van der Waals surface area contributed by atoms with E-state index in [1.807, 2.05) is 62.4 Å². The molecule has 0 radical (unpaired) electrons. The van der Waals surface area contributed by atoms with Crippen molar-refractivity contribution >= 4 is 11.9 Å². The summed E-state index contributed by atoms with van der Waals surface area (Å²) in [5.74, 6) is 3.09. The zero-order valence-corrected chi connectivity index (χ0v) is 19.6. The molecule has 0 spiro atoms. The molecule has 0 aliphatic carbocycles. The topological polar surface area (TPSA) is 57.2 Å². The van der Waals surface area contributed by atoms with Crippen LogP contribution in [0.25, 0.3) is 6.08 Å². The van der Waals surface area contributed by atoms with E-state index >= 15 is 0 Å². The molecule has 0 unspecified atom stereocenters. The highest BCUT2D eigenvalue weighted by molar-refractivity contribution is 6.15. The Bertz CT molecular complexity index is 1280. The lowest BCUT2D eigenvalue weighted by atomic mass is 9.99. The van der Waals surface area contributed by atoms with Gasteiger partial charge < -0.3 is 18.9 Å². The average Bonchev–Trinajstić information content (AvgIpc) is 3.16. The molecule has 0 bridgehead atoms. The number of Topliss-reactive ketones (excluding diaryl/α,β-unsaturated/α-hetero) is 1. The van der Waals surface area contributed by atoms with Crippen molar-refractivity contribution in [1.29, 1.82) is 0 Å². The minimum absolute atomic E-state index is 0.131. The van der Waals surface area contributed by atoms with Crippen molar-refractivity contribution in [3.05, 3.63) is 88.2 Å². The first-order chi connectivity index (χ1) is 16.6. The minimum atomic E-state index is -0.131. The zero-order chi connectivity index (χ0) is 23.7. The van der Waals surface area contributed by atoms with Crippen molar-refractivity contribution in [1.82, 2.24) is 4.90 Å². The average molecular weight is 458 g/mol. The Morgan fingerprint density at radius 1 is 1.06 bits per heavy atom. The van der Waals surface area contributed by atoms with E-state index < -0.39 is 0 Å². The minimum Gasteiger partial charge on any atom is -0.496 e. The molecule has 6 heteroatoms. The van der Waals surface area contributed by atoms with Gasteiger partial charge in [-0.2, -0.15) is 0 Å². The lowest BCUT2D eigenvalue weighted by molar-refractivity contribution is 0.0869. The van der Waals surface area contributed by atoms with Gasteiger partial charge in [0.1, 0.15) is 29.7 Å². The van der Waals surface area contributed by atoms with Crippen LogP contribution >= 0.6 is 0 Å². The Morgan fingerprint density at radius 3 is 2.62 bits per heavy atom. The van der Waals surface area contributed by atoms with Gasteiger partial charge in [-0.15, -0.1) is 0 Å². The van der Waals surface area contributed by atoms with E-state index in [0.29, 0.717) is 43.5 Å². The van der Waals surface area contributed by atoms with E-state index in [4.69, 9.17) is 18.9 Å². The van der Waals surface area contributed by atoms with Crippen molar-refractivity contribution in [2.75, 3.05) is 20.4 Å². The van der Waals surface area contributed by atoms with Gasteiger partial charge in [-0.1, -0.05) is 36.4 Å². The lowest BCUT2D eigenvalue weighted by Crippen LogP contribution is -2.32. The van der Waals surface area contributed by atoms with Gasteiger partial charge in [0.15, 0.2) is 5.76 Å². The molecule has 0 amide bonds. The molecule has 0 aromatic heterocycles. The van der Waals surface area contributed by atoms with Gasteiger partial charge in [-0.3, -0.25) is 9.69 Å². The summed E-state index contributed by atoms with van der Waals surface area (Å²) in [7, 11) is 1.68. The van der Waals surface area contributed by atoms with Crippen LogP contribution in [0.1, 0.15) is 39.5 Å². The summed E-state index contributed by atoms with van der Waals surface area (Å²) in [5, 5.41) is 0. The first kappa shape index (κ1) is 22.0. The second kappa shape index (κ2) is 9.23. The van der Waals surface area contributed by atoms with Crippen LogP contribution in [0, 0.1) is 6.92 Å². The molecule has 174 valence electrons. The summed E-state index contributed by atoms with van der Waals surface area (Å²) < 4.78 is 23.4. The number of ketones is 1. The molecule has 34 heavy (non-hydrogen) atoms. The van der Waals surface area contributed by atoms with E-state index in [1.165, 1.54) is 0 Å². The van der Waals surface area contributed by atoms with E-state index in [9.17, 15) is 4.79 Å². The highest BCUT2D eigenvalue weighted by Gasteiger charge is 2.34. The fraction of sp³-hybridized carbons (Fsp3) is 0.250. The van der Waals surface area contributed by atoms with Crippen LogP contribution < -0.4 is 18.9 Å². The monoisotopic (exact) mass is 457 g/mol. The lowest BCUT2D eigenvalue weighted by Gasteiger charge is -2.30. The van der Waals surface area contributed by atoms with Crippen LogP contribution in [0.15, 0.2) is 60.4 Å². The molecular formula is C28H27NO5. The first-order valence-corrected chi connectivity index (χ1v) is 11.4. The third-order valence-electron chi connectivity index (χ3n) is 6.09. The highest BCUT2D eigenvalue weighted by atomic mass is 16.5. The number of hydrogen-bond acceptors (Lipinski definition) is 6. The van der Waals surface area contributed by atoms with Crippen molar-refractivity contribution < 1.29 is 23.7 Å². The maximum Gasteiger partial charge on any atom is 0.231 e. The standard InChI is InChI=1S/C28H27NO5/c1-4-32-24-12-8-5-9-19(24)14-25-26(30)22-13-21-16-29(15-20-10-6-7-11-23(20)31-3)17-33-27(21)18(2)28(22)34-25/h5-14H,4,15-17H2,1-3H3/b25-14-. The van der Waals surface area contributed by atoms with Gasteiger partial charge >= 0.3 is 0 Å². The Kier molecular flexibility index (Phi) is 5.99. The fourth-order valence-electron chi connectivity index (χ4n) is 4.50. The molecule has 2 aliphatic rings. The fourth-order valence-corrected chi connectivity index (χ4v) is 4.50. The summed E-state index contributed by atoms with van der Waals surface area (Å²) in [6, 6.07) is 17.5. The largest absolute Gasteiger partial charge is 0.496 e. The number of carbonyl (C=O) groups excluding carboxylic acids is 1. The highest BCUT2D eigenvalue weighted by Crippen LogP contribution is 2.43. The zero-order valence-electron chi connectivity index (χ0n) is 19.6. The van der Waals surface area contributed by atoms with E-state index in [1.54, 1.807) is 13.2 Å². The number of benzene rings is 3. The summed E-state index contributed by atoms with van der Waals surface area (Å²) in [5.41, 5.74) is 4.29. The Hall–Kier alpha value is -3.77. The van der Waals surface area contributed by atoms with Gasteiger partial charge in [-0.25, -0.2) is 0 Å². The molecule has 6 nitrogen and oxygen atoms in total. The van der Waals surface area contributed by atoms with Gasteiger partial charge in [0, 0.05) is 35.3 Å². The molecule has 0 fully saturated rings. The second-order valence-electron chi connectivity index (χ2n) is 8.35. The summed E-state index contributed by atoms with van der Waals surface area (Å²) in [6.07, 6.45) is 1.75. The van der Waals surface area contributed by atoms with Crippen molar-refractivity contribution in [2.45, 2.75) is 26.9 Å². The molecule has 0 atom stereocenters. The third kappa shape index (κ3) is 4.01. The van der Waals surface area contributed by atoms with Crippen LogP contribution in [0.2, 0.25) is 0 Å². The van der Waals surface area contributed by atoms with Crippen LogP contribution in [0.4, 0.5) is 0 Å². The number of methoxy groups -OCH3 is 1. The molecule has 3 aromatic rings. The summed E-state index contributed by atoms with van der Waals surface area (Å²) in [4.78, 5) is 15.4. The third-order valence-corrected chi connectivity index (χ3v) is 6.09. The van der Waals surface area contributed by atoms with Crippen LogP contribution in [-0.4, -0.2) is 31.1 Å². The molecule has 0 saturated heterocycles. The van der Waals surface area contributed by atoms with Gasteiger partial charge in [0.05, 0.1) is 19.3 Å². The van der Waals surface area contributed by atoms with E-state index in [-0.39, 0.29) is 5.78 Å². The maximum absolute atomic E-state index is 13.3. The number of fused-ring (bicyclic) bond motifs is 2. The number of para-hydroxylation sites is 2. The molecule has 0 saturated carbocycles. The number of rotatable bonds is 6. The SMILES string of the molecule is CCOc1ccccc1/C=C1\Oc2c(cc3c(c2C)OCN(Cc2ccccc2OC)C3)C1=O. The van der Waals surface area contributed by atoms with Crippen molar-refractivity contribution in [2.24, 2.45) is 0 Å². The van der Waals surface area contributed by atoms with E-state index in [0.717, 1.165) is 39.5 Å². The summed E-state index contributed by atoms with van der Waals surface area (Å²) >= 11 is 0. The molecule has 5 rings (SSSR count). The molecule has 2 heterocycles. The Balaban J connectivity index is 1.42. The van der Waals surface area contributed by atoms with Crippen molar-refractivity contribution in [3.63, 3.8) is 0 Å². The van der Waals surface area contributed by atoms with Gasteiger partial charge in [-0.05, 0) is 38.1 Å². The van der Waals surface area contributed by atoms with Gasteiger partial charge in [0.25, 0.3) is 0 Å².